The van der Waals surface area contributed by atoms with Crippen LogP contribution in [0.5, 0.6) is 0 Å². The molecular weight excluding hydrogens is 553 g/mol. The lowest BCUT2D eigenvalue weighted by atomic mass is 9.83. The molecule has 9 aromatic rings. The van der Waals surface area contributed by atoms with E-state index in [1.807, 2.05) is 109 Å². The van der Waals surface area contributed by atoms with Crippen LogP contribution in [0.3, 0.4) is 0 Å². The van der Waals surface area contributed by atoms with Crippen LogP contribution in [-0.2, 0) is 0 Å². The molecular formula is C46H30. The molecule has 0 aliphatic carbocycles. The Bertz CT molecular complexity index is 2930. The van der Waals surface area contributed by atoms with Crippen LogP contribution in [0.4, 0.5) is 0 Å². The van der Waals surface area contributed by atoms with Gasteiger partial charge in [0.1, 0.15) is 0 Å². The summed E-state index contributed by atoms with van der Waals surface area (Å²) in [6.45, 7) is 0. The van der Waals surface area contributed by atoms with Crippen molar-refractivity contribution in [1.82, 2.24) is 0 Å². The molecule has 9 aromatic carbocycles. The molecule has 0 aliphatic rings. The summed E-state index contributed by atoms with van der Waals surface area (Å²) in [5.74, 6) is 0. The van der Waals surface area contributed by atoms with Crippen LogP contribution in [0.15, 0.2) is 182 Å². The molecule has 0 atom stereocenters. The molecule has 0 spiro atoms. The lowest BCUT2D eigenvalue weighted by molar-refractivity contribution is 1.59. The van der Waals surface area contributed by atoms with E-state index in [1.165, 1.54) is 0 Å². The first kappa shape index (κ1) is 19.4. The van der Waals surface area contributed by atoms with Gasteiger partial charge in [-0.1, -0.05) is 170 Å². The third kappa shape index (κ3) is 4.30. The van der Waals surface area contributed by atoms with Gasteiger partial charge in [-0.15, -0.1) is 0 Å². The van der Waals surface area contributed by atoms with E-state index in [-0.39, 0.29) is 45.7 Å². The van der Waals surface area contributed by atoms with Gasteiger partial charge in [0.2, 0.25) is 0 Å². The zero-order valence-corrected chi connectivity index (χ0v) is 24.7. The van der Waals surface area contributed by atoms with Crippen molar-refractivity contribution in [2.24, 2.45) is 0 Å². The Morgan fingerprint density at radius 2 is 0.783 bits per heavy atom. The molecule has 0 saturated heterocycles. The van der Waals surface area contributed by atoms with Gasteiger partial charge in [-0.3, -0.25) is 0 Å². The van der Waals surface area contributed by atoms with Crippen molar-refractivity contribution in [3.63, 3.8) is 0 Å². The van der Waals surface area contributed by atoms with Gasteiger partial charge < -0.3 is 0 Å². The van der Waals surface area contributed by atoms with Crippen molar-refractivity contribution in [3.05, 3.63) is 182 Å². The molecule has 0 radical (unpaired) electrons. The molecule has 0 bridgehead atoms. The standard InChI is InChI=1S/C46H30/c1-2-13-31(14-3-1)32-25-27-33(28-26-32)34-16-12-17-36(29-34)45-40-21-8-10-23-42(40)46(43-24-11-9-22-41(43)45)44-30-35-15-4-5-18-37(35)38-19-6-7-20-39(38)44/h1-30H/i8D,9D,10D,11D,21D,22D,23D,24D. The van der Waals surface area contributed by atoms with Crippen LogP contribution in [0.25, 0.3) is 87.6 Å². The van der Waals surface area contributed by atoms with Crippen LogP contribution in [0.2, 0.25) is 0 Å². The van der Waals surface area contributed by atoms with Crippen molar-refractivity contribution in [1.29, 1.82) is 0 Å². The van der Waals surface area contributed by atoms with E-state index in [1.54, 1.807) is 0 Å². The number of hydrogen-bond donors (Lipinski definition) is 0. The topological polar surface area (TPSA) is 0 Å². The van der Waals surface area contributed by atoms with Crippen LogP contribution in [-0.4, -0.2) is 0 Å². The van der Waals surface area contributed by atoms with Gasteiger partial charge >= 0.3 is 0 Å². The minimum absolute atomic E-state index is 0.197. The predicted octanol–water partition coefficient (Wildman–Crippen LogP) is 13.0. The van der Waals surface area contributed by atoms with Gasteiger partial charge in [0, 0.05) is 0 Å². The second-order valence-corrected chi connectivity index (χ2v) is 11.5. The molecule has 46 heavy (non-hydrogen) atoms. The Morgan fingerprint density at radius 3 is 1.46 bits per heavy atom. The Balaban J connectivity index is 1.44. The number of rotatable bonds is 4. The van der Waals surface area contributed by atoms with E-state index in [0.29, 0.717) is 22.3 Å². The summed E-state index contributed by atoms with van der Waals surface area (Å²) in [5.41, 5.74) is 5.79. The highest BCUT2D eigenvalue weighted by molar-refractivity contribution is 6.25. The van der Waals surface area contributed by atoms with Gasteiger partial charge in [0.15, 0.2) is 0 Å². The summed E-state index contributed by atoms with van der Waals surface area (Å²) < 4.78 is 73.1. The number of hydrogen-bond acceptors (Lipinski definition) is 0. The summed E-state index contributed by atoms with van der Waals surface area (Å²) in [6, 6.07) is 40.7. The normalized spacial score (nSPS) is 13.9. The minimum atomic E-state index is -0.420. The van der Waals surface area contributed by atoms with Gasteiger partial charge in [-0.05, 0) is 99.7 Å². The van der Waals surface area contributed by atoms with E-state index in [2.05, 4.69) is 24.3 Å². The first-order chi connectivity index (χ1) is 26.2. The van der Waals surface area contributed by atoms with Crippen molar-refractivity contribution in [3.8, 4) is 44.5 Å². The maximum absolute atomic E-state index is 9.43. The summed E-state index contributed by atoms with van der Waals surface area (Å²) >= 11 is 0. The molecule has 0 heteroatoms. The van der Waals surface area contributed by atoms with Crippen LogP contribution in [0.1, 0.15) is 11.0 Å². The molecule has 0 fully saturated rings. The lowest BCUT2D eigenvalue weighted by Gasteiger charge is -2.20. The fourth-order valence-corrected chi connectivity index (χ4v) is 6.78. The average Bonchev–Trinajstić information content (AvgIpc) is 3.22. The van der Waals surface area contributed by atoms with Crippen molar-refractivity contribution >= 4 is 43.1 Å². The highest BCUT2D eigenvalue weighted by atomic mass is 14.2. The molecule has 9 rings (SSSR count). The van der Waals surface area contributed by atoms with Gasteiger partial charge in [0.05, 0.1) is 11.0 Å². The van der Waals surface area contributed by atoms with E-state index in [9.17, 15) is 5.48 Å². The quantitative estimate of drug-likeness (QED) is 0.141. The van der Waals surface area contributed by atoms with Gasteiger partial charge in [-0.2, -0.15) is 0 Å². The Morgan fingerprint density at radius 1 is 0.304 bits per heavy atom. The first-order valence-electron chi connectivity index (χ1n) is 19.3. The number of fused-ring (bicyclic) bond motifs is 5. The summed E-state index contributed by atoms with van der Waals surface area (Å²) in [5, 5.41) is 4.41. The zero-order chi connectivity index (χ0) is 37.4. The maximum Gasteiger partial charge on any atom is 0.0629 e. The predicted molar refractivity (Wildman–Crippen MR) is 198 cm³/mol. The highest BCUT2D eigenvalue weighted by Crippen LogP contribution is 2.46. The molecule has 214 valence electrons. The SMILES string of the molecule is [2H]c1c([2H])c([2H])c2c(-c3cc4ccccc4c4ccccc34)c3c([2H])c([2H])c([2H])c([2H])c3c(-c3cccc(-c4ccc(-c5ccccc5)cc4)c3)c2c1[2H]. The van der Waals surface area contributed by atoms with E-state index in [0.717, 1.165) is 43.8 Å². The average molecular weight is 591 g/mol. The summed E-state index contributed by atoms with van der Waals surface area (Å²) in [7, 11) is 0. The summed E-state index contributed by atoms with van der Waals surface area (Å²) in [4.78, 5) is 0. The van der Waals surface area contributed by atoms with Crippen LogP contribution in [0, 0.1) is 0 Å². The summed E-state index contributed by atoms with van der Waals surface area (Å²) in [6.07, 6.45) is 0. The Labute approximate surface area is 280 Å². The smallest absolute Gasteiger partial charge is 0.0622 e. The molecule has 0 amide bonds. The molecule has 0 N–H and O–H groups in total. The Hall–Kier alpha value is -5.98. The molecule has 0 heterocycles. The van der Waals surface area contributed by atoms with Crippen molar-refractivity contribution in [2.75, 3.05) is 0 Å². The fraction of sp³-hybridized carbons (Fsp3) is 0. The monoisotopic (exact) mass is 590 g/mol. The molecule has 0 aromatic heterocycles. The van der Waals surface area contributed by atoms with E-state index >= 15 is 0 Å². The zero-order valence-electron chi connectivity index (χ0n) is 32.7. The second kappa shape index (κ2) is 10.9. The third-order valence-corrected chi connectivity index (χ3v) is 8.89. The van der Waals surface area contributed by atoms with Crippen LogP contribution < -0.4 is 0 Å². The fourth-order valence-electron chi connectivity index (χ4n) is 6.78. The number of benzene rings is 9. The minimum Gasteiger partial charge on any atom is -0.0622 e. The highest BCUT2D eigenvalue weighted by Gasteiger charge is 2.19. The molecule has 0 unspecified atom stereocenters. The van der Waals surface area contributed by atoms with Gasteiger partial charge in [0.25, 0.3) is 0 Å². The molecule has 0 aliphatic heterocycles. The second-order valence-electron chi connectivity index (χ2n) is 11.5. The van der Waals surface area contributed by atoms with Crippen molar-refractivity contribution < 1.29 is 11.0 Å². The molecule has 0 nitrogen and oxygen atoms in total. The third-order valence-electron chi connectivity index (χ3n) is 8.89. The van der Waals surface area contributed by atoms with E-state index < -0.39 is 24.2 Å². The van der Waals surface area contributed by atoms with Gasteiger partial charge in [-0.25, -0.2) is 0 Å². The maximum atomic E-state index is 9.43. The Kier molecular flexibility index (Phi) is 4.59. The van der Waals surface area contributed by atoms with Crippen molar-refractivity contribution in [2.45, 2.75) is 0 Å². The lowest BCUT2D eigenvalue weighted by Crippen LogP contribution is -1.92. The molecule has 0 saturated carbocycles. The largest absolute Gasteiger partial charge is 0.0629 e. The first-order valence-corrected chi connectivity index (χ1v) is 15.3. The van der Waals surface area contributed by atoms with E-state index in [4.69, 9.17) is 5.48 Å². The van der Waals surface area contributed by atoms with Crippen LogP contribution >= 0.6 is 0 Å².